The molecule has 0 unspecified atom stereocenters. The molecule has 2 aliphatic rings. The van der Waals surface area contributed by atoms with Crippen LogP contribution in [0.5, 0.6) is 0 Å². The minimum atomic E-state index is -0.0335. The van der Waals surface area contributed by atoms with Crippen molar-refractivity contribution in [1.82, 2.24) is 5.43 Å². The Morgan fingerprint density at radius 1 is 1.12 bits per heavy atom. The minimum absolute atomic E-state index is 0.0335. The zero-order valence-corrected chi connectivity index (χ0v) is 14.2. The lowest BCUT2D eigenvalue weighted by molar-refractivity contribution is -0.120. The molecule has 3 heteroatoms. The Morgan fingerprint density at radius 2 is 1.96 bits per heavy atom. The number of hydrazone groups is 1. The van der Waals surface area contributed by atoms with Crippen LogP contribution in [-0.4, -0.2) is 11.6 Å². The fourth-order valence-corrected chi connectivity index (χ4v) is 4.65. The fourth-order valence-electron chi connectivity index (χ4n) is 4.65. The highest BCUT2D eigenvalue weighted by atomic mass is 16.2. The zero-order valence-electron chi connectivity index (χ0n) is 14.2. The number of hydrogen-bond donors (Lipinski definition) is 1. The summed E-state index contributed by atoms with van der Waals surface area (Å²) in [5.74, 6) is 2.25. The lowest BCUT2D eigenvalue weighted by Gasteiger charge is -2.21. The van der Waals surface area contributed by atoms with Crippen LogP contribution in [-0.2, 0) is 11.2 Å². The van der Waals surface area contributed by atoms with Gasteiger partial charge in [0, 0.05) is 11.6 Å². The van der Waals surface area contributed by atoms with Gasteiger partial charge in [0.1, 0.15) is 0 Å². The molecular weight excluding hydrogens is 296 g/mol. The van der Waals surface area contributed by atoms with E-state index >= 15 is 0 Å². The van der Waals surface area contributed by atoms with Gasteiger partial charge in [0.25, 0.3) is 0 Å². The van der Waals surface area contributed by atoms with E-state index in [2.05, 4.69) is 35.7 Å². The van der Waals surface area contributed by atoms with Crippen LogP contribution in [0.1, 0.15) is 38.2 Å². The lowest BCUT2D eigenvalue weighted by Crippen LogP contribution is -2.25. The van der Waals surface area contributed by atoms with Gasteiger partial charge < -0.3 is 0 Å². The van der Waals surface area contributed by atoms with Crippen LogP contribution in [0.3, 0.4) is 0 Å². The number of fused-ring (bicyclic) bond motifs is 3. The molecule has 3 atom stereocenters. The van der Waals surface area contributed by atoms with E-state index in [1.54, 1.807) is 0 Å². The van der Waals surface area contributed by atoms with Crippen molar-refractivity contribution in [3.05, 3.63) is 48.0 Å². The Labute approximate surface area is 143 Å². The number of rotatable bonds is 4. The predicted octanol–water partition coefficient (Wildman–Crippen LogP) is 4.31. The first-order valence-electron chi connectivity index (χ1n) is 9.00. The molecule has 2 bridgehead atoms. The van der Waals surface area contributed by atoms with Gasteiger partial charge in [-0.05, 0) is 54.4 Å². The SMILES string of the molecule is C/C(=N\NC(=O)Cc1cccc2ccccc12)[C@H]1C[C@@H]2CC[C@@H]1C2. The maximum atomic E-state index is 12.3. The Bertz CT molecular complexity index is 790. The smallest absolute Gasteiger partial charge is 0.244 e. The Balaban J connectivity index is 1.42. The standard InChI is InChI=1S/C21H24N2O/c1-14(20-12-15-9-10-18(20)11-15)22-23-21(24)13-17-7-4-6-16-5-2-3-8-19(16)17/h2-8,15,18,20H,9-13H2,1H3,(H,23,24)/b22-14+/t15-,18-,20-/m1/s1. The molecule has 1 amide bonds. The van der Waals surface area contributed by atoms with Crippen molar-refractivity contribution < 1.29 is 4.79 Å². The molecule has 0 radical (unpaired) electrons. The van der Waals surface area contributed by atoms with Crippen LogP contribution in [0.25, 0.3) is 10.8 Å². The molecule has 1 N–H and O–H groups in total. The quantitative estimate of drug-likeness (QED) is 0.662. The molecule has 0 aliphatic heterocycles. The van der Waals surface area contributed by atoms with Crippen LogP contribution in [0.4, 0.5) is 0 Å². The average Bonchev–Trinajstić information content (AvgIpc) is 3.23. The molecular formula is C21H24N2O. The summed E-state index contributed by atoms with van der Waals surface area (Å²) in [6, 6.07) is 14.3. The van der Waals surface area contributed by atoms with Gasteiger partial charge in [-0.1, -0.05) is 48.9 Å². The van der Waals surface area contributed by atoms with Crippen molar-refractivity contribution in [3.8, 4) is 0 Å². The van der Waals surface area contributed by atoms with Gasteiger partial charge in [-0.25, -0.2) is 5.43 Å². The first-order chi connectivity index (χ1) is 11.7. The second-order valence-corrected chi connectivity index (χ2v) is 7.38. The molecule has 2 saturated carbocycles. The Morgan fingerprint density at radius 3 is 2.75 bits per heavy atom. The minimum Gasteiger partial charge on any atom is -0.273 e. The normalized spacial score (nSPS) is 26.0. The Hall–Kier alpha value is -2.16. The van der Waals surface area contributed by atoms with Gasteiger partial charge in [-0.15, -0.1) is 0 Å². The first-order valence-corrected chi connectivity index (χ1v) is 9.00. The van der Waals surface area contributed by atoms with Crippen molar-refractivity contribution >= 4 is 22.4 Å². The summed E-state index contributed by atoms with van der Waals surface area (Å²) in [7, 11) is 0. The van der Waals surface area contributed by atoms with Gasteiger partial charge in [0.15, 0.2) is 0 Å². The van der Waals surface area contributed by atoms with E-state index in [0.29, 0.717) is 12.3 Å². The molecule has 4 rings (SSSR count). The number of amides is 1. The molecule has 124 valence electrons. The second kappa shape index (κ2) is 6.39. The second-order valence-electron chi connectivity index (χ2n) is 7.38. The van der Waals surface area contributed by atoms with Gasteiger partial charge in [0.2, 0.25) is 5.91 Å². The maximum Gasteiger partial charge on any atom is 0.244 e. The molecule has 0 aromatic heterocycles. The molecule has 2 aromatic rings. The molecule has 0 saturated heterocycles. The number of hydrogen-bond acceptors (Lipinski definition) is 2. The topological polar surface area (TPSA) is 41.5 Å². The maximum absolute atomic E-state index is 12.3. The summed E-state index contributed by atoms with van der Waals surface area (Å²) in [5.41, 5.74) is 4.94. The van der Waals surface area contributed by atoms with E-state index in [-0.39, 0.29) is 5.91 Å². The van der Waals surface area contributed by atoms with Crippen molar-refractivity contribution in [2.24, 2.45) is 22.9 Å². The monoisotopic (exact) mass is 320 g/mol. The van der Waals surface area contributed by atoms with Crippen LogP contribution in [0.2, 0.25) is 0 Å². The number of benzene rings is 2. The fraction of sp³-hybridized carbons (Fsp3) is 0.429. The molecule has 24 heavy (non-hydrogen) atoms. The molecule has 2 fully saturated rings. The van der Waals surface area contributed by atoms with E-state index in [1.807, 2.05) is 24.3 Å². The number of carbonyl (C=O) groups is 1. The summed E-state index contributed by atoms with van der Waals surface area (Å²) >= 11 is 0. The van der Waals surface area contributed by atoms with Gasteiger partial charge >= 0.3 is 0 Å². The summed E-state index contributed by atoms with van der Waals surface area (Å²) < 4.78 is 0. The van der Waals surface area contributed by atoms with Gasteiger partial charge in [-0.3, -0.25) is 4.79 Å². The highest BCUT2D eigenvalue weighted by Crippen LogP contribution is 2.48. The van der Waals surface area contributed by atoms with E-state index in [0.717, 1.165) is 28.5 Å². The Kier molecular flexibility index (Phi) is 4.09. The van der Waals surface area contributed by atoms with Crippen molar-refractivity contribution in [3.63, 3.8) is 0 Å². The number of nitrogens with one attached hydrogen (secondary N) is 1. The number of nitrogens with zero attached hydrogens (tertiary/aromatic N) is 1. The summed E-state index contributed by atoms with van der Waals surface area (Å²) in [6.07, 6.45) is 5.73. The van der Waals surface area contributed by atoms with Crippen molar-refractivity contribution in [2.75, 3.05) is 0 Å². The molecule has 0 spiro atoms. The third-order valence-corrected chi connectivity index (χ3v) is 5.86. The third-order valence-electron chi connectivity index (χ3n) is 5.86. The van der Waals surface area contributed by atoms with E-state index < -0.39 is 0 Å². The first kappa shape index (κ1) is 15.4. The van der Waals surface area contributed by atoms with Crippen molar-refractivity contribution in [2.45, 2.75) is 39.0 Å². The van der Waals surface area contributed by atoms with E-state index in [4.69, 9.17) is 0 Å². The molecule has 2 aliphatic carbocycles. The summed E-state index contributed by atoms with van der Waals surface area (Å²) in [4.78, 5) is 12.3. The van der Waals surface area contributed by atoms with Gasteiger partial charge in [-0.2, -0.15) is 5.10 Å². The molecule has 2 aromatic carbocycles. The van der Waals surface area contributed by atoms with E-state index in [9.17, 15) is 4.79 Å². The highest BCUT2D eigenvalue weighted by Gasteiger charge is 2.40. The largest absolute Gasteiger partial charge is 0.273 e. The third kappa shape index (κ3) is 2.95. The highest BCUT2D eigenvalue weighted by molar-refractivity contribution is 5.91. The van der Waals surface area contributed by atoms with Crippen molar-refractivity contribution in [1.29, 1.82) is 0 Å². The summed E-state index contributed by atoms with van der Waals surface area (Å²) in [6.45, 7) is 2.07. The molecule has 3 nitrogen and oxygen atoms in total. The predicted molar refractivity (Wildman–Crippen MR) is 97.8 cm³/mol. The van der Waals surface area contributed by atoms with Crippen LogP contribution < -0.4 is 5.43 Å². The van der Waals surface area contributed by atoms with Crippen LogP contribution in [0.15, 0.2) is 47.6 Å². The summed E-state index contributed by atoms with van der Waals surface area (Å²) in [5, 5.41) is 6.73. The number of carbonyl (C=O) groups excluding carboxylic acids is 1. The van der Waals surface area contributed by atoms with Gasteiger partial charge in [0.05, 0.1) is 6.42 Å². The van der Waals surface area contributed by atoms with E-state index in [1.165, 1.54) is 31.1 Å². The zero-order chi connectivity index (χ0) is 16.5. The van der Waals surface area contributed by atoms with Crippen LogP contribution >= 0.6 is 0 Å². The lowest BCUT2D eigenvalue weighted by atomic mass is 9.86. The van der Waals surface area contributed by atoms with Crippen LogP contribution in [0, 0.1) is 17.8 Å². The average molecular weight is 320 g/mol. The molecule has 0 heterocycles.